The maximum Gasteiger partial charge on any atom is 0.0850 e. The molecule has 3 N–H and O–H groups in total. The highest BCUT2D eigenvalue weighted by Gasteiger charge is 2.45. The molecule has 0 radical (unpaired) electrons. The molecule has 0 aliphatic heterocycles. The molecule has 0 aromatic heterocycles. The van der Waals surface area contributed by atoms with Crippen LogP contribution in [0, 0.1) is 17.8 Å². The van der Waals surface area contributed by atoms with Crippen LogP contribution in [0.2, 0.25) is 0 Å². The van der Waals surface area contributed by atoms with Gasteiger partial charge in [0.1, 0.15) is 0 Å². The van der Waals surface area contributed by atoms with E-state index in [2.05, 4.69) is 26.2 Å². The number of rotatable bonds is 6. The van der Waals surface area contributed by atoms with Gasteiger partial charge in [0.15, 0.2) is 0 Å². The van der Waals surface area contributed by atoms with E-state index >= 15 is 0 Å². The third-order valence-corrected chi connectivity index (χ3v) is 6.17. The third kappa shape index (κ3) is 4.00. The Morgan fingerprint density at radius 1 is 1.19 bits per heavy atom. The zero-order chi connectivity index (χ0) is 15.3. The molecule has 0 aromatic rings. The summed E-state index contributed by atoms with van der Waals surface area (Å²) in [5.74, 6) is 8.46. The van der Waals surface area contributed by atoms with Crippen molar-refractivity contribution in [1.82, 2.24) is 5.43 Å². The zero-order valence-electron chi connectivity index (χ0n) is 14.4. The predicted molar refractivity (Wildman–Crippen MR) is 88.8 cm³/mol. The summed E-state index contributed by atoms with van der Waals surface area (Å²) in [6, 6.07) is 0.333. The van der Waals surface area contributed by atoms with Crippen molar-refractivity contribution in [3.8, 4) is 0 Å². The molecule has 0 spiro atoms. The number of ether oxygens (including phenoxy) is 1. The van der Waals surface area contributed by atoms with Crippen molar-refractivity contribution in [2.24, 2.45) is 23.6 Å². The largest absolute Gasteiger partial charge is 0.374 e. The lowest BCUT2D eigenvalue weighted by molar-refractivity contribution is -0.113. The lowest BCUT2D eigenvalue weighted by Gasteiger charge is -2.48. The Hall–Kier alpha value is -0.120. The van der Waals surface area contributed by atoms with E-state index in [1.54, 1.807) is 0 Å². The second-order valence-electron chi connectivity index (χ2n) is 7.53. The SMILES string of the molecule is CCOC1(C(NN)C2CCCC(CC)C2)CCC(C)CC1. The molecular weight excluding hydrogens is 260 g/mol. The number of hydrazine groups is 1. The van der Waals surface area contributed by atoms with Gasteiger partial charge in [-0.1, -0.05) is 33.1 Å². The lowest BCUT2D eigenvalue weighted by Crippen LogP contribution is -2.60. The van der Waals surface area contributed by atoms with Crippen LogP contribution in [0.1, 0.15) is 78.6 Å². The Kier molecular flexibility index (Phi) is 6.51. The lowest BCUT2D eigenvalue weighted by atomic mass is 9.67. The highest BCUT2D eigenvalue weighted by Crippen LogP contribution is 2.43. The molecule has 3 heteroatoms. The molecule has 21 heavy (non-hydrogen) atoms. The molecule has 3 unspecified atom stereocenters. The molecular formula is C18H36N2O. The molecule has 2 aliphatic rings. The Labute approximate surface area is 131 Å². The first-order valence-corrected chi connectivity index (χ1v) is 9.25. The van der Waals surface area contributed by atoms with Gasteiger partial charge in [-0.15, -0.1) is 0 Å². The van der Waals surface area contributed by atoms with E-state index in [4.69, 9.17) is 10.6 Å². The molecule has 2 saturated carbocycles. The quantitative estimate of drug-likeness (QED) is 0.575. The van der Waals surface area contributed by atoms with Gasteiger partial charge in [-0.3, -0.25) is 11.3 Å². The Morgan fingerprint density at radius 2 is 1.90 bits per heavy atom. The van der Waals surface area contributed by atoms with E-state index < -0.39 is 0 Å². The Balaban J connectivity index is 2.11. The van der Waals surface area contributed by atoms with Crippen molar-refractivity contribution in [1.29, 1.82) is 0 Å². The van der Waals surface area contributed by atoms with Gasteiger partial charge in [0.25, 0.3) is 0 Å². The molecule has 0 heterocycles. The van der Waals surface area contributed by atoms with Gasteiger partial charge in [0.05, 0.1) is 11.6 Å². The average Bonchev–Trinajstić information content (AvgIpc) is 2.51. The predicted octanol–water partition coefficient (Wildman–Crippen LogP) is 4.02. The summed E-state index contributed by atoms with van der Waals surface area (Å²) in [7, 11) is 0. The fourth-order valence-corrected chi connectivity index (χ4v) is 4.81. The van der Waals surface area contributed by atoms with Crippen molar-refractivity contribution in [3.63, 3.8) is 0 Å². The second-order valence-corrected chi connectivity index (χ2v) is 7.53. The van der Waals surface area contributed by atoms with E-state index in [-0.39, 0.29) is 5.60 Å². The molecule has 0 saturated heterocycles. The normalized spacial score (nSPS) is 39.1. The average molecular weight is 296 g/mol. The van der Waals surface area contributed by atoms with E-state index in [1.807, 2.05) is 0 Å². The van der Waals surface area contributed by atoms with Gasteiger partial charge in [0.2, 0.25) is 0 Å². The summed E-state index contributed by atoms with van der Waals surface area (Å²) in [6.07, 6.45) is 11.6. The van der Waals surface area contributed by atoms with Gasteiger partial charge in [-0.05, 0) is 63.2 Å². The first-order chi connectivity index (χ1) is 10.1. The first kappa shape index (κ1) is 17.2. The minimum absolute atomic E-state index is 0.0176. The zero-order valence-corrected chi connectivity index (χ0v) is 14.4. The highest BCUT2D eigenvalue weighted by atomic mass is 16.5. The number of hydrogen-bond acceptors (Lipinski definition) is 3. The van der Waals surface area contributed by atoms with Crippen LogP contribution in [0.15, 0.2) is 0 Å². The van der Waals surface area contributed by atoms with Crippen LogP contribution in [-0.4, -0.2) is 18.2 Å². The van der Waals surface area contributed by atoms with Crippen LogP contribution in [-0.2, 0) is 4.74 Å². The summed E-state index contributed by atoms with van der Waals surface area (Å²) >= 11 is 0. The van der Waals surface area contributed by atoms with Gasteiger partial charge in [-0.25, -0.2) is 0 Å². The van der Waals surface area contributed by atoms with Crippen LogP contribution in [0.3, 0.4) is 0 Å². The summed E-state index contributed by atoms with van der Waals surface area (Å²) < 4.78 is 6.35. The van der Waals surface area contributed by atoms with E-state index in [0.29, 0.717) is 12.0 Å². The van der Waals surface area contributed by atoms with Crippen molar-refractivity contribution in [2.45, 2.75) is 90.2 Å². The Bertz CT molecular complexity index is 300. The van der Waals surface area contributed by atoms with Crippen LogP contribution in [0.4, 0.5) is 0 Å². The summed E-state index contributed by atoms with van der Waals surface area (Å²) in [5, 5.41) is 0. The van der Waals surface area contributed by atoms with Crippen molar-refractivity contribution >= 4 is 0 Å². The minimum atomic E-state index is -0.0176. The van der Waals surface area contributed by atoms with Crippen LogP contribution in [0.25, 0.3) is 0 Å². The van der Waals surface area contributed by atoms with Crippen LogP contribution in [0.5, 0.6) is 0 Å². The number of nitrogens with one attached hydrogen (secondary N) is 1. The van der Waals surface area contributed by atoms with E-state index in [0.717, 1.165) is 18.4 Å². The highest BCUT2D eigenvalue weighted by molar-refractivity contribution is 5.00. The smallest absolute Gasteiger partial charge is 0.0850 e. The van der Waals surface area contributed by atoms with Crippen molar-refractivity contribution in [2.75, 3.05) is 6.61 Å². The van der Waals surface area contributed by atoms with Gasteiger partial charge in [0, 0.05) is 6.61 Å². The molecule has 2 fully saturated rings. The second kappa shape index (κ2) is 7.94. The minimum Gasteiger partial charge on any atom is -0.374 e. The molecule has 3 nitrogen and oxygen atoms in total. The van der Waals surface area contributed by atoms with Gasteiger partial charge in [-0.2, -0.15) is 0 Å². The summed E-state index contributed by atoms with van der Waals surface area (Å²) in [4.78, 5) is 0. The summed E-state index contributed by atoms with van der Waals surface area (Å²) in [5.41, 5.74) is 3.18. The topological polar surface area (TPSA) is 47.3 Å². The monoisotopic (exact) mass is 296 g/mol. The molecule has 2 aliphatic carbocycles. The number of nitrogens with two attached hydrogens (primary N) is 1. The molecule has 3 atom stereocenters. The molecule has 124 valence electrons. The van der Waals surface area contributed by atoms with Crippen molar-refractivity contribution in [3.05, 3.63) is 0 Å². The fourth-order valence-electron chi connectivity index (χ4n) is 4.81. The third-order valence-electron chi connectivity index (χ3n) is 6.17. The van der Waals surface area contributed by atoms with E-state index in [9.17, 15) is 0 Å². The molecule has 2 rings (SSSR count). The van der Waals surface area contributed by atoms with Crippen LogP contribution < -0.4 is 11.3 Å². The summed E-state index contributed by atoms with van der Waals surface area (Å²) in [6.45, 7) is 7.63. The molecule has 0 bridgehead atoms. The van der Waals surface area contributed by atoms with Crippen LogP contribution >= 0.6 is 0 Å². The fraction of sp³-hybridized carbons (Fsp3) is 1.00. The van der Waals surface area contributed by atoms with Crippen molar-refractivity contribution < 1.29 is 4.74 Å². The van der Waals surface area contributed by atoms with Gasteiger partial charge >= 0.3 is 0 Å². The Morgan fingerprint density at radius 3 is 2.48 bits per heavy atom. The first-order valence-electron chi connectivity index (χ1n) is 9.25. The standard InChI is InChI=1S/C18H36N2O/c1-4-15-7-6-8-16(13-15)17(20-19)18(21-5-2)11-9-14(3)10-12-18/h14-17,20H,4-13,19H2,1-3H3. The molecule has 0 aromatic carbocycles. The maximum absolute atomic E-state index is 6.35. The van der Waals surface area contributed by atoms with Gasteiger partial charge < -0.3 is 4.74 Å². The maximum atomic E-state index is 6.35. The molecule has 0 amide bonds. The van der Waals surface area contributed by atoms with E-state index in [1.165, 1.54) is 57.8 Å². The number of hydrogen-bond donors (Lipinski definition) is 2.